The average Bonchev–Trinajstić information content (AvgIpc) is 3.18. The molecule has 8 nitrogen and oxygen atoms in total. The molecule has 2 aromatic rings. The van der Waals surface area contributed by atoms with Crippen LogP contribution in [0.3, 0.4) is 0 Å². The molecule has 0 saturated carbocycles. The van der Waals surface area contributed by atoms with E-state index in [4.69, 9.17) is 9.47 Å². The Hall–Kier alpha value is -2.65. The zero-order chi connectivity index (χ0) is 21.6. The zero-order valence-corrected chi connectivity index (χ0v) is 18.4. The molecule has 1 amide bonds. The number of hydrogen-bond donors (Lipinski definition) is 1. The Bertz CT molecular complexity index is 1030. The highest BCUT2D eigenvalue weighted by molar-refractivity contribution is 9.10. The number of halogens is 1. The number of anilines is 1. The minimum Gasteiger partial charge on any atom is -0.493 e. The number of likely N-dealkylation sites (tertiary alicyclic amines) is 1. The van der Waals surface area contributed by atoms with Crippen LogP contribution in [0, 0.1) is 10.1 Å². The first-order valence-electron chi connectivity index (χ1n) is 9.62. The van der Waals surface area contributed by atoms with Gasteiger partial charge in [-0.3, -0.25) is 19.8 Å². The summed E-state index contributed by atoms with van der Waals surface area (Å²) in [5.74, 6) is 0.141. The van der Waals surface area contributed by atoms with Gasteiger partial charge in [-0.1, -0.05) is 34.1 Å². The maximum atomic E-state index is 13.2. The molecule has 2 heterocycles. The van der Waals surface area contributed by atoms with E-state index in [0.29, 0.717) is 45.9 Å². The van der Waals surface area contributed by atoms with Gasteiger partial charge in [-0.2, -0.15) is 0 Å². The number of nitro groups is 1. The van der Waals surface area contributed by atoms with E-state index >= 15 is 0 Å². The Balaban J connectivity index is 1.89. The summed E-state index contributed by atoms with van der Waals surface area (Å²) in [6.45, 7) is 2.63. The molecule has 3 atom stereocenters. The average molecular weight is 476 g/mol. The summed E-state index contributed by atoms with van der Waals surface area (Å²) in [5.41, 5.74) is 0.583. The van der Waals surface area contributed by atoms with Gasteiger partial charge < -0.3 is 14.8 Å². The molecule has 2 aromatic carbocycles. The van der Waals surface area contributed by atoms with Gasteiger partial charge in [-0.25, -0.2) is 0 Å². The molecule has 0 aliphatic carbocycles. The number of benzene rings is 2. The highest BCUT2D eigenvalue weighted by Crippen LogP contribution is 2.53. The molecule has 158 valence electrons. The van der Waals surface area contributed by atoms with Crippen LogP contribution in [0.25, 0.3) is 0 Å². The third-order valence-corrected chi connectivity index (χ3v) is 6.71. The topological polar surface area (TPSA) is 93.9 Å². The first-order chi connectivity index (χ1) is 14.4. The summed E-state index contributed by atoms with van der Waals surface area (Å²) < 4.78 is 11.8. The molecule has 30 heavy (non-hydrogen) atoms. The number of nitrogens with one attached hydrogen (secondary N) is 1. The van der Waals surface area contributed by atoms with Crippen molar-refractivity contribution in [2.24, 2.45) is 0 Å². The van der Waals surface area contributed by atoms with Gasteiger partial charge in [0.2, 0.25) is 0 Å². The van der Waals surface area contributed by atoms with Crippen molar-refractivity contribution in [1.29, 1.82) is 0 Å². The van der Waals surface area contributed by atoms with Crippen molar-refractivity contribution in [1.82, 2.24) is 4.90 Å². The zero-order valence-electron chi connectivity index (χ0n) is 16.8. The summed E-state index contributed by atoms with van der Waals surface area (Å²) in [7, 11) is 3.31. The van der Waals surface area contributed by atoms with Crippen molar-refractivity contribution in [3.8, 4) is 11.5 Å². The van der Waals surface area contributed by atoms with E-state index in [1.165, 1.54) is 0 Å². The molecule has 9 heteroatoms. The van der Waals surface area contributed by atoms with Crippen molar-refractivity contribution >= 4 is 27.5 Å². The van der Waals surface area contributed by atoms with E-state index in [-0.39, 0.29) is 10.8 Å². The molecule has 0 bridgehead atoms. The number of rotatable bonds is 5. The van der Waals surface area contributed by atoms with Crippen molar-refractivity contribution < 1.29 is 19.2 Å². The van der Waals surface area contributed by atoms with E-state index in [1.807, 2.05) is 6.92 Å². The Labute approximate surface area is 182 Å². The normalized spacial score (nSPS) is 25.3. The largest absolute Gasteiger partial charge is 0.493 e. The van der Waals surface area contributed by atoms with Crippen LogP contribution in [0.4, 0.5) is 5.69 Å². The third kappa shape index (κ3) is 2.79. The van der Waals surface area contributed by atoms with Gasteiger partial charge in [0.25, 0.3) is 11.9 Å². The van der Waals surface area contributed by atoms with E-state index < -0.39 is 17.5 Å². The van der Waals surface area contributed by atoms with Crippen molar-refractivity contribution in [2.45, 2.75) is 24.4 Å². The molecular weight excluding hydrogens is 454 g/mol. The van der Waals surface area contributed by atoms with Gasteiger partial charge in [0.15, 0.2) is 17.0 Å². The number of methoxy groups -OCH3 is 1. The lowest BCUT2D eigenvalue weighted by Gasteiger charge is -2.30. The van der Waals surface area contributed by atoms with Crippen LogP contribution < -0.4 is 14.8 Å². The molecule has 0 aromatic heterocycles. The van der Waals surface area contributed by atoms with Gasteiger partial charge in [0.1, 0.15) is 0 Å². The Morgan fingerprint density at radius 1 is 1.33 bits per heavy atom. The number of para-hydroxylation sites is 1. The second kappa shape index (κ2) is 7.55. The van der Waals surface area contributed by atoms with Crippen molar-refractivity contribution in [3.63, 3.8) is 0 Å². The summed E-state index contributed by atoms with van der Waals surface area (Å²) >= 11 is 3.55. The SMILES string of the molecule is CCOc1cc([C@@H]2CN(C)[C@@]3(C(=O)Nc4ccccc43)[C@H]2[N+](=O)[O-])c(Br)cc1OC. The van der Waals surface area contributed by atoms with Gasteiger partial charge in [0, 0.05) is 27.2 Å². The standard InChI is InChI=1S/C21H22BrN3O5/c1-4-30-18-9-12(15(22)10-17(18)29-3)13-11-24(2)21(19(13)25(27)28)14-7-5-6-8-16(14)23-20(21)26/h5-10,13,19H,4,11H2,1-3H3,(H,23,26)/t13-,19-,21+/m0/s1. The monoisotopic (exact) mass is 475 g/mol. The smallest absolute Gasteiger partial charge is 0.256 e. The lowest BCUT2D eigenvalue weighted by Crippen LogP contribution is -2.54. The number of likely N-dealkylation sites (N-methyl/N-ethyl adjacent to an activating group) is 1. The van der Waals surface area contributed by atoms with Crippen LogP contribution in [0.5, 0.6) is 11.5 Å². The number of carbonyl (C=O) groups is 1. The van der Waals surface area contributed by atoms with Crippen LogP contribution in [0.1, 0.15) is 24.0 Å². The number of ether oxygens (including phenoxy) is 2. The minimum atomic E-state index is -1.38. The predicted octanol–water partition coefficient (Wildman–Crippen LogP) is 3.38. The number of nitrogens with zero attached hydrogens (tertiary/aromatic N) is 2. The molecule has 1 fully saturated rings. The van der Waals surface area contributed by atoms with E-state index in [0.717, 1.165) is 0 Å². The summed E-state index contributed by atoms with van der Waals surface area (Å²) in [4.78, 5) is 27.1. The minimum absolute atomic E-state index is 0.327. The molecule has 0 radical (unpaired) electrons. The molecule has 1 saturated heterocycles. The van der Waals surface area contributed by atoms with Crippen molar-refractivity contribution in [2.75, 3.05) is 32.6 Å². The van der Waals surface area contributed by atoms with E-state index in [9.17, 15) is 14.9 Å². The molecular formula is C21H22BrN3O5. The van der Waals surface area contributed by atoms with Crippen LogP contribution in [-0.4, -0.2) is 49.1 Å². The van der Waals surface area contributed by atoms with Crippen molar-refractivity contribution in [3.05, 3.63) is 62.1 Å². The Morgan fingerprint density at radius 2 is 2.07 bits per heavy atom. The lowest BCUT2D eigenvalue weighted by atomic mass is 9.79. The molecule has 1 spiro atoms. The number of hydrogen-bond acceptors (Lipinski definition) is 6. The summed E-state index contributed by atoms with van der Waals surface area (Å²) in [6.07, 6.45) is 0. The second-order valence-electron chi connectivity index (χ2n) is 7.44. The Kier molecular flexibility index (Phi) is 5.19. The van der Waals surface area contributed by atoms with Crippen LogP contribution >= 0.6 is 15.9 Å². The van der Waals surface area contributed by atoms with Gasteiger partial charge >= 0.3 is 0 Å². The molecule has 2 aliphatic rings. The number of carbonyl (C=O) groups excluding carboxylic acids is 1. The summed E-state index contributed by atoms with van der Waals surface area (Å²) in [6, 6.07) is 9.53. The maximum absolute atomic E-state index is 13.2. The van der Waals surface area contributed by atoms with Crippen LogP contribution in [0.15, 0.2) is 40.9 Å². The fourth-order valence-corrected chi connectivity index (χ4v) is 5.44. The highest BCUT2D eigenvalue weighted by atomic mass is 79.9. The molecule has 4 rings (SSSR count). The van der Waals surface area contributed by atoms with Gasteiger partial charge in [-0.05, 0) is 37.7 Å². The van der Waals surface area contributed by atoms with E-state index in [1.54, 1.807) is 55.5 Å². The quantitative estimate of drug-likeness (QED) is 0.526. The number of amides is 1. The maximum Gasteiger partial charge on any atom is 0.256 e. The molecule has 1 N–H and O–H groups in total. The Morgan fingerprint density at radius 3 is 2.73 bits per heavy atom. The predicted molar refractivity (Wildman–Crippen MR) is 115 cm³/mol. The number of fused-ring (bicyclic) bond motifs is 2. The van der Waals surface area contributed by atoms with E-state index in [2.05, 4.69) is 21.2 Å². The highest BCUT2D eigenvalue weighted by Gasteiger charge is 2.68. The lowest BCUT2D eigenvalue weighted by molar-refractivity contribution is -0.534. The summed E-state index contributed by atoms with van der Waals surface area (Å²) in [5, 5.41) is 15.3. The second-order valence-corrected chi connectivity index (χ2v) is 8.30. The first kappa shape index (κ1) is 20.6. The fraction of sp³-hybridized carbons (Fsp3) is 0.381. The van der Waals surface area contributed by atoms with Gasteiger partial charge in [0.05, 0.1) is 19.6 Å². The third-order valence-electron chi connectivity index (χ3n) is 6.02. The fourth-order valence-electron chi connectivity index (χ4n) is 4.82. The van der Waals surface area contributed by atoms with Gasteiger partial charge in [-0.15, -0.1) is 0 Å². The van der Waals surface area contributed by atoms with Crippen LogP contribution in [0.2, 0.25) is 0 Å². The first-order valence-corrected chi connectivity index (χ1v) is 10.4. The van der Waals surface area contributed by atoms with Crippen LogP contribution in [-0.2, 0) is 10.3 Å². The molecule has 2 aliphatic heterocycles. The molecule has 0 unspecified atom stereocenters.